The number of rotatable bonds is 6. The van der Waals surface area contributed by atoms with Crippen molar-refractivity contribution in [2.45, 2.75) is 31.4 Å². The fourth-order valence-electron chi connectivity index (χ4n) is 3.98. The van der Waals surface area contributed by atoms with E-state index in [1.165, 1.54) is 29.2 Å². The molecule has 1 aliphatic rings. The summed E-state index contributed by atoms with van der Waals surface area (Å²) in [6.07, 6.45) is -9.12. The number of anilines is 1. The third-order valence-corrected chi connectivity index (χ3v) is 5.45. The molecule has 5 nitrogen and oxygen atoms in total. The molecule has 0 aliphatic carbocycles. The Balaban J connectivity index is 2.05. The van der Waals surface area contributed by atoms with Crippen molar-refractivity contribution in [1.82, 2.24) is 4.90 Å². The van der Waals surface area contributed by atoms with Gasteiger partial charge in [-0.15, -0.1) is 0 Å². The van der Waals surface area contributed by atoms with Crippen LogP contribution >= 0.6 is 0 Å². The Morgan fingerprint density at radius 1 is 1.09 bits per heavy atom. The number of carbonyl (C=O) groups is 1. The molecule has 0 saturated carbocycles. The predicted octanol–water partition coefficient (Wildman–Crippen LogP) is 5.44. The van der Waals surface area contributed by atoms with Crippen molar-refractivity contribution in [1.29, 1.82) is 0 Å². The molecule has 11 heteroatoms. The van der Waals surface area contributed by atoms with Crippen molar-refractivity contribution in [3.05, 3.63) is 70.6 Å². The molecule has 1 fully saturated rings. The molecule has 0 radical (unpaired) electrons. The van der Waals surface area contributed by atoms with Gasteiger partial charge < -0.3 is 10.0 Å². The molecule has 0 amide bonds. The molecular weight excluding hydrogens is 452 g/mol. The highest BCUT2D eigenvalue weighted by atomic mass is 19.4. The maximum absolute atomic E-state index is 13.5. The number of carboxylic acids is 1. The summed E-state index contributed by atoms with van der Waals surface area (Å²) < 4.78 is 81.2. The molecule has 3 rings (SSSR count). The van der Waals surface area contributed by atoms with Crippen LogP contribution in [0.5, 0.6) is 0 Å². The Kier molecular flexibility index (Phi) is 6.88. The maximum Gasteiger partial charge on any atom is 0.416 e. The number of alkyl halides is 6. The molecule has 2 aromatic rings. The largest absolute Gasteiger partial charge is 0.480 e. The van der Waals surface area contributed by atoms with Crippen molar-refractivity contribution >= 4 is 17.3 Å². The van der Waals surface area contributed by atoms with Crippen LogP contribution in [0.2, 0.25) is 0 Å². The fraction of sp³-hybridized carbons (Fsp3) is 0.364. The average molecular weight is 471 g/mol. The summed E-state index contributed by atoms with van der Waals surface area (Å²) in [4.78, 5) is 16.9. The molecule has 0 unspecified atom stereocenters. The number of benzene rings is 2. The van der Waals surface area contributed by atoms with E-state index in [0.29, 0.717) is 13.0 Å². The van der Waals surface area contributed by atoms with Gasteiger partial charge in [0.2, 0.25) is 0 Å². The minimum Gasteiger partial charge on any atom is -0.480 e. The predicted molar refractivity (Wildman–Crippen MR) is 108 cm³/mol. The lowest BCUT2D eigenvalue weighted by Gasteiger charge is -2.33. The number of hydrogen-bond acceptors (Lipinski definition) is 3. The van der Waals surface area contributed by atoms with Gasteiger partial charge in [-0.25, -0.2) is 4.85 Å². The summed E-state index contributed by atoms with van der Waals surface area (Å²) in [6, 6.07) is 7.33. The summed E-state index contributed by atoms with van der Waals surface area (Å²) in [5.41, 5.74) is -2.80. The van der Waals surface area contributed by atoms with Crippen molar-refractivity contribution in [3.63, 3.8) is 0 Å². The highest BCUT2D eigenvalue weighted by Crippen LogP contribution is 2.40. The lowest BCUT2D eigenvalue weighted by molar-refractivity contribution is -0.139. The minimum absolute atomic E-state index is 0.00822. The van der Waals surface area contributed by atoms with Gasteiger partial charge >= 0.3 is 18.3 Å². The number of hydrogen-bond donors (Lipinski definition) is 1. The van der Waals surface area contributed by atoms with E-state index in [-0.39, 0.29) is 30.9 Å². The van der Waals surface area contributed by atoms with E-state index in [4.69, 9.17) is 11.7 Å². The van der Waals surface area contributed by atoms with Gasteiger partial charge in [0.25, 0.3) is 0 Å². The monoisotopic (exact) mass is 471 g/mol. The molecule has 1 saturated heterocycles. The van der Waals surface area contributed by atoms with Crippen LogP contribution in [-0.2, 0) is 23.7 Å². The molecule has 2 aromatic carbocycles. The first-order valence-electron chi connectivity index (χ1n) is 9.84. The van der Waals surface area contributed by atoms with E-state index in [1.54, 1.807) is 4.90 Å². The first-order chi connectivity index (χ1) is 15.4. The van der Waals surface area contributed by atoms with E-state index >= 15 is 0 Å². The van der Waals surface area contributed by atoms with Crippen molar-refractivity contribution in [2.24, 2.45) is 0 Å². The van der Waals surface area contributed by atoms with Gasteiger partial charge in [0.05, 0.1) is 24.2 Å². The zero-order valence-electron chi connectivity index (χ0n) is 17.1. The topological polar surface area (TPSA) is 48.1 Å². The second-order valence-electron chi connectivity index (χ2n) is 7.67. The summed E-state index contributed by atoms with van der Waals surface area (Å²) in [5, 5.41) is 9.03. The molecular formula is C22H19F6N3O2. The van der Waals surface area contributed by atoms with Crippen LogP contribution in [0.25, 0.3) is 4.85 Å². The van der Waals surface area contributed by atoms with Gasteiger partial charge in [-0.2, -0.15) is 26.3 Å². The Morgan fingerprint density at radius 3 is 2.36 bits per heavy atom. The van der Waals surface area contributed by atoms with Crippen molar-refractivity contribution in [2.75, 3.05) is 24.5 Å². The Bertz CT molecular complexity index is 1060. The third-order valence-electron chi connectivity index (χ3n) is 5.45. The van der Waals surface area contributed by atoms with Crippen molar-refractivity contribution in [3.8, 4) is 0 Å². The average Bonchev–Trinajstić information content (AvgIpc) is 3.18. The number of aliphatic carboxylic acids is 1. The first kappa shape index (κ1) is 24.4. The van der Waals surface area contributed by atoms with Crippen LogP contribution in [0, 0.1) is 6.57 Å². The highest BCUT2D eigenvalue weighted by Gasteiger charge is 2.37. The molecule has 176 valence electrons. The van der Waals surface area contributed by atoms with E-state index in [1.807, 2.05) is 0 Å². The van der Waals surface area contributed by atoms with Gasteiger partial charge in [0.15, 0.2) is 5.69 Å². The smallest absolute Gasteiger partial charge is 0.416 e. The SMILES string of the molecule is [C-]#[N+]c1ccc(N(Cc2ccccc2C(F)(F)F)[C@H]2CCN(CC(=O)O)C2)cc1C(F)(F)F. The number of carboxylic acid groups (broad SMARTS) is 1. The van der Waals surface area contributed by atoms with Crippen molar-refractivity contribution < 1.29 is 36.2 Å². The van der Waals surface area contributed by atoms with Gasteiger partial charge in [-0.1, -0.05) is 24.3 Å². The van der Waals surface area contributed by atoms with E-state index in [2.05, 4.69) is 4.85 Å². The second kappa shape index (κ2) is 9.31. The number of halogens is 6. The van der Waals surface area contributed by atoms with E-state index in [0.717, 1.165) is 18.2 Å². The Hall–Kier alpha value is -3.26. The Morgan fingerprint density at radius 2 is 1.76 bits per heavy atom. The van der Waals surface area contributed by atoms with E-state index in [9.17, 15) is 31.1 Å². The van der Waals surface area contributed by atoms with Crippen LogP contribution in [0.15, 0.2) is 42.5 Å². The summed E-state index contributed by atoms with van der Waals surface area (Å²) in [7, 11) is 0. The quantitative estimate of drug-likeness (QED) is 0.450. The summed E-state index contributed by atoms with van der Waals surface area (Å²) in [5.74, 6) is -1.08. The molecule has 1 heterocycles. The van der Waals surface area contributed by atoms with Crippen LogP contribution in [0.4, 0.5) is 37.7 Å². The zero-order chi connectivity index (χ0) is 24.4. The Labute approximate surface area is 185 Å². The molecule has 0 aromatic heterocycles. The van der Waals surface area contributed by atoms with Crippen LogP contribution in [0.3, 0.4) is 0 Å². The van der Waals surface area contributed by atoms with Gasteiger partial charge in [0, 0.05) is 31.4 Å². The van der Waals surface area contributed by atoms with Crippen LogP contribution in [-0.4, -0.2) is 41.7 Å². The molecule has 1 atom stereocenters. The first-order valence-corrected chi connectivity index (χ1v) is 9.84. The number of nitrogens with zero attached hydrogens (tertiary/aromatic N) is 3. The van der Waals surface area contributed by atoms with Gasteiger partial charge in [-0.3, -0.25) is 9.69 Å². The normalized spacial score (nSPS) is 17.1. The van der Waals surface area contributed by atoms with Gasteiger partial charge in [-0.05, 0) is 30.2 Å². The fourth-order valence-corrected chi connectivity index (χ4v) is 3.98. The molecule has 0 bridgehead atoms. The van der Waals surface area contributed by atoms with Crippen LogP contribution in [0.1, 0.15) is 23.1 Å². The molecule has 33 heavy (non-hydrogen) atoms. The molecule has 1 aliphatic heterocycles. The summed E-state index contributed by atoms with van der Waals surface area (Å²) >= 11 is 0. The number of likely N-dealkylation sites (tertiary alicyclic amines) is 1. The highest BCUT2D eigenvalue weighted by molar-refractivity contribution is 5.69. The molecule has 1 N–H and O–H groups in total. The van der Waals surface area contributed by atoms with Crippen LogP contribution < -0.4 is 4.90 Å². The lowest BCUT2D eigenvalue weighted by atomic mass is 10.0. The maximum atomic E-state index is 13.5. The minimum atomic E-state index is -4.82. The standard InChI is InChI=1S/C22H19F6N3O2/c1-29-19-7-6-15(10-18(19)22(26,27)28)31(16-8-9-30(12-16)13-20(32)33)11-14-4-2-3-5-17(14)21(23,24)25/h2-7,10,16H,8-9,11-13H2,(H,32,33)/t16-/m0/s1. The lowest BCUT2D eigenvalue weighted by Crippen LogP contribution is -2.38. The molecule has 0 spiro atoms. The second-order valence-corrected chi connectivity index (χ2v) is 7.67. The summed E-state index contributed by atoms with van der Waals surface area (Å²) in [6.45, 7) is 6.87. The van der Waals surface area contributed by atoms with E-state index < -0.39 is 41.2 Å². The van der Waals surface area contributed by atoms with Gasteiger partial charge in [0.1, 0.15) is 0 Å². The third kappa shape index (κ3) is 5.76. The zero-order valence-corrected chi connectivity index (χ0v) is 17.1.